The van der Waals surface area contributed by atoms with E-state index in [9.17, 15) is 4.79 Å². The maximum Gasteiger partial charge on any atom is 0.222 e. The highest BCUT2D eigenvalue weighted by Gasteiger charge is 2.14. The topological polar surface area (TPSA) is 68.8 Å². The Kier molecular flexibility index (Phi) is 12.0. The van der Waals surface area contributed by atoms with Crippen LogP contribution in [0.3, 0.4) is 0 Å². The summed E-state index contributed by atoms with van der Waals surface area (Å²) in [5, 5.41) is 9.72. The SMILES string of the molecule is CCNC(=NCCC(=O)NC(C)CC)NC(C)c1cccc(N2CCCC2)c1.I. The molecule has 0 radical (unpaired) electrons. The van der Waals surface area contributed by atoms with Gasteiger partial charge in [-0.2, -0.15) is 0 Å². The van der Waals surface area contributed by atoms with Gasteiger partial charge in [-0.3, -0.25) is 9.79 Å². The zero-order chi connectivity index (χ0) is 20.4. The fraction of sp³-hybridized carbons (Fsp3) is 0.636. The number of halogens is 1. The maximum atomic E-state index is 11.9. The van der Waals surface area contributed by atoms with Crippen molar-refractivity contribution in [2.75, 3.05) is 31.1 Å². The molecule has 1 saturated heterocycles. The molecule has 1 aromatic carbocycles. The van der Waals surface area contributed by atoms with Crippen molar-refractivity contribution in [3.8, 4) is 0 Å². The molecule has 3 N–H and O–H groups in total. The highest BCUT2D eigenvalue weighted by molar-refractivity contribution is 14.0. The molecule has 2 unspecified atom stereocenters. The minimum absolute atomic E-state index is 0. The third-order valence-electron chi connectivity index (χ3n) is 5.17. The first-order chi connectivity index (χ1) is 13.5. The monoisotopic (exact) mass is 515 g/mol. The van der Waals surface area contributed by atoms with E-state index in [2.05, 4.69) is 64.0 Å². The van der Waals surface area contributed by atoms with Gasteiger partial charge in [0, 0.05) is 37.8 Å². The molecule has 0 bridgehead atoms. The fourth-order valence-corrected chi connectivity index (χ4v) is 3.29. The van der Waals surface area contributed by atoms with E-state index in [-0.39, 0.29) is 42.0 Å². The number of nitrogens with zero attached hydrogens (tertiary/aromatic N) is 2. The van der Waals surface area contributed by atoms with Crippen LogP contribution in [0, 0.1) is 0 Å². The lowest BCUT2D eigenvalue weighted by Gasteiger charge is -2.22. The first kappa shape index (κ1) is 25.5. The molecule has 0 aliphatic carbocycles. The van der Waals surface area contributed by atoms with Gasteiger partial charge in [-0.1, -0.05) is 19.1 Å². The number of guanidine groups is 1. The summed E-state index contributed by atoms with van der Waals surface area (Å²) in [4.78, 5) is 19.0. The molecule has 0 aromatic heterocycles. The van der Waals surface area contributed by atoms with E-state index in [4.69, 9.17) is 0 Å². The molecule has 164 valence electrons. The van der Waals surface area contributed by atoms with Gasteiger partial charge in [0.15, 0.2) is 5.96 Å². The number of hydrogen-bond donors (Lipinski definition) is 3. The Morgan fingerprint density at radius 3 is 2.55 bits per heavy atom. The van der Waals surface area contributed by atoms with Gasteiger partial charge < -0.3 is 20.9 Å². The summed E-state index contributed by atoms with van der Waals surface area (Å²) in [6.45, 7) is 11.8. The summed E-state index contributed by atoms with van der Waals surface area (Å²) in [6.07, 6.45) is 3.90. The Morgan fingerprint density at radius 2 is 1.90 bits per heavy atom. The smallest absolute Gasteiger partial charge is 0.222 e. The zero-order valence-corrected chi connectivity index (χ0v) is 20.7. The van der Waals surface area contributed by atoms with Crippen LogP contribution in [0.25, 0.3) is 0 Å². The summed E-state index contributed by atoms with van der Waals surface area (Å²) in [5.41, 5.74) is 2.54. The minimum atomic E-state index is 0. The van der Waals surface area contributed by atoms with Crippen LogP contribution in [0.1, 0.15) is 65.0 Å². The predicted octanol–water partition coefficient (Wildman–Crippen LogP) is 3.83. The Hall–Kier alpha value is -1.51. The van der Waals surface area contributed by atoms with E-state index < -0.39 is 0 Å². The van der Waals surface area contributed by atoms with Crippen molar-refractivity contribution >= 4 is 41.5 Å². The molecule has 6 nitrogen and oxygen atoms in total. The Labute approximate surface area is 193 Å². The quantitative estimate of drug-likeness (QED) is 0.266. The van der Waals surface area contributed by atoms with Gasteiger partial charge in [-0.25, -0.2) is 0 Å². The molecule has 0 spiro atoms. The Bertz CT molecular complexity index is 646. The van der Waals surface area contributed by atoms with Crippen molar-refractivity contribution in [2.45, 2.75) is 65.5 Å². The second-order valence-electron chi connectivity index (χ2n) is 7.54. The zero-order valence-electron chi connectivity index (χ0n) is 18.3. The lowest BCUT2D eigenvalue weighted by molar-refractivity contribution is -0.121. The lowest BCUT2D eigenvalue weighted by Crippen LogP contribution is -2.39. The van der Waals surface area contributed by atoms with Crippen LogP contribution in [0.5, 0.6) is 0 Å². The Morgan fingerprint density at radius 1 is 1.17 bits per heavy atom. The molecule has 1 amide bonds. The number of amides is 1. The predicted molar refractivity (Wildman–Crippen MR) is 133 cm³/mol. The van der Waals surface area contributed by atoms with Gasteiger partial charge >= 0.3 is 0 Å². The second-order valence-corrected chi connectivity index (χ2v) is 7.54. The van der Waals surface area contributed by atoms with Crippen LogP contribution < -0.4 is 20.9 Å². The average molecular weight is 515 g/mol. The van der Waals surface area contributed by atoms with Gasteiger partial charge in [0.1, 0.15) is 0 Å². The van der Waals surface area contributed by atoms with Crippen molar-refractivity contribution in [2.24, 2.45) is 4.99 Å². The van der Waals surface area contributed by atoms with Gasteiger partial charge in [0.05, 0.1) is 12.6 Å². The van der Waals surface area contributed by atoms with Gasteiger partial charge in [0.2, 0.25) is 5.91 Å². The lowest BCUT2D eigenvalue weighted by atomic mass is 10.1. The summed E-state index contributed by atoms with van der Waals surface area (Å²) in [6, 6.07) is 9.09. The molecule has 29 heavy (non-hydrogen) atoms. The van der Waals surface area contributed by atoms with Crippen LogP contribution in [0.15, 0.2) is 29.3 Å². The maximum absolute atomic E-state index is 11.9. The minimum Gasteiger partial charge on any atom is -0.372 e. The van der Waals surface area contributed by atoms with Crippen molar-refractivity contribution in [1.82, 2.24) is 16.0 Å². The van der Waals surface area contributed by atoms with Gasteiger partial charge in [0.25, 0.3) is 0 Å². The molecule has 2 atom stereocenters. The molecule has 1 aromatic rings. The third-order valence-corrected chi connectivity index (χ3v) is 5.17. The largest absolute Gasteiger partial charge is 0.372 e. The first-order valence-corrected chi connectivity index (χ1v) is 10.7. The van der Waals surface area contributed by atoms with E-state index in [0.29, 0.717) is 13.0 Å². The highest BCUT2D eigenvalue weighted by atomic mass is 127. The molecule has 7 heteroatoms. The van der Waals surface area contributed by atoms with Crippen LogP contribution >= 0.6 is 24.0 Å². The van der Waals surface area contributed by atoms with Crippen molar-refractivity contribution in [3.05, 3.63) is 29.8 Å². The van der Waals surface area contributed by atoms with Crippen molar-refractivity contribution in [3.63, 3.8) is 0 Å². The van der Waals surface area contributed by atoms with E-state index in [1.165, 1.54) is 24.1 Å². The summed E-state index contributed by atoms with van der Waals surface area (Å²) in [5.74, 6) is 0.804. The third kappa shape index (κ3) is 8.80. The number of hydrogen-bond acceptors (Lipinski definition) is 3. The number of benzene rings is 1. The Balaban J connectivity index is 0.00000420. The first-order valence-electron chi connectivity index (χ1n) is 10.7. The molecule has 2 rings (SSSR count). The van der Waals surface area contributed by atoms with Crippen LogP contribution in [-0.4, -0.2) is 44.1 Å². The molecule has 1 aliphatic rings. The van der Waals surface area contributed by atoms with E-state index in [1.807, 2.05) is 13.8 Å². The second kappa shape index (κ2) is 13.7. The van der Waals surface area contributed by atoms with E-state index >= 15 is 0 Å². The van der Waals surface area contributed by atoms with Crippen molar-refractivity contribution < 1.29 is 4.79 Å². The molecular weight excluding hydrogens is 477 g/mol. The number of aliphatic imine (C=N–C) groups is 1. The molecule has 0 saturated carbocycles. The van der Waals surface area contributed by atoms with Gasteiger partial charge in [-0.05, 0) is 57.7 Å². The summed E-state index contributed by atoms with van der Waals surface area (Å²) in [7, 11) is 0. The number of carbonyl (C=O) groups excluding carboxylic acids is 1. The number of carbonyl (C=O) groups is 1. The fourth-order valence-electron chi connectivity index (χ4n) is 3.29. The summed E-state index contributed by atoms with van der Waals surface area (Å²) >= 11 is 0. The van der Waals surface area contributed by atoms with Gasteiger partial charge in [-0.15, -0.1) is 24.0 Å². The number of anilines is 1. The molecule has 1 aliphatic heterocycles. The van der Waals surface area contributed by atoms with Crippen LogP contribution in [0.4, 0.5) is 5.69 Å². The molecular formula is C22H38IN5O. The molecule has 1 fully saturated rings. The van der Waals surface area contributed by atoms with Crippen molar-refractivity contribution in [1.29, 1.82) is 0 Å². The normalized spacial score (nSPS) is 16.0. The number of rotatable bonds is 9. The number of nitrogens with one attached hydrogen (secondary N) is 3. The van der Waals surface area contributed by atoms with E-state index in [1.54, 1.807) is 0 Å². The van der Waals surface area contributed by atoms with Crippen LogP contribution in [-0.2, 0) is 4.79 Å². The summed E-state index contributed by atoms with van der Waals surface area (Å²) < 4.78 is 0. The highest BCUT2D eigenvalue weighted by Crippen LogP contribution is 2.23. The van der Waals surface area contributed by atoms with Crippen LogP contribution in [0.2, 0.25) is 0 Å². The molecule has 1 heterocycles. The van der Waals surface area contributed by atoms with E-state index in [0.717, 1.165) is 32.0 Å². The average Bonchev–Trinajstić information content (AvgIpc) is 3.23. The standard InChI is InChI=1S/C22H37N5O.HI/c1-5-17(3)25-21(28)12-13-24-22(23-6-2)26-18(4)19-10-9-11-20(16-19)27-14-7-8-15-27;/h9-11,16-18H,5-8,12-15H2,1-4H3,(H,25,28)(H2,23,24,26);1H.